The summed E-state index contributed by atoms with van der Waals surface area (Å²) in [6.07, 6.45) is 3.62. The number of alkyl halides is 1. The van der Waals surface area contributed by atoms with E-state index < -0.39 is 0 Å². The van der Waals surface area contributed by atoms with E-state index in [2.05, 4.69) is 22.0 Å². The maximum absolute atomic E-state index is 12.1. The summed E-state index contributed by atoms with van der Waals surface area (Å²) in [7, 11) is 0. The number of halogens is 1. The molecule has 0 unspecified atom stereocenters. The summed E-state index contributed by atoms with van der Waals surface area (Å²) < 4.78 is 0. The van der Waals surface area contributed by atoms with Gasteiger partial charge in [0.1, 0.15) is 0 Å². The molecule has 0 saturated carbocycles. The van der Waals surface area contributed by atoms with Gasteiger partial charge in [-0.3, -0.25) is 9.59 Å². The third kappa shape index (κ3) is 3.02. The molecule has 0 bridgehead atoms. The molecule has 0 spiro atoms. The average molecular weight is 371 g/mol. The van der Waals surface area contributed by atoms with E-state index in [9.17, 15) is 9.59 Å². The zero-order valence-electron chi connectivity index (χ0n) is 13.2. The lowest BCUT2D eigenvalue weighted by Gasteiger charge is -2.13. The van der Waals surface area contributed by atoms with Crippen LogP contribution in [0.5, 0.6) is 0 Å². The Kier molecular flexibility index (Phi) is 4.76. The van der Waals surface area contributed by atoms with Gasteiger partial charge in [-0.1, -0.05) is 59.3 Å². The Hall–Kier alpha value is -1.74. The fourth-order valence-electron chi connectivity index (χ4n) is 3.35. The smallest absolute Gasteiger partial charge is 0.173 e. The molecule has 2 aromatic carbocycles. The standard InChI is InChI=1S/C20H19BrO2/c1-2-19(22)14-8-6-13(7-9-14)15-10-11-18(20(23)12-21)17-5-3-4-16(15)17/h6-11H,2-5,12H2,1H3. The van der Waals surface area contributed by atoms with Gasteiger partial charge in [-0.05, 0) is 41.5 Å². The molecular formula is C20H19BrO2. The molecule has 0 fully saturated rings. The van der Waals surface area contributed by atoms with E-state index in [1.54, 1.807) is 0 Å². The molecule has 0 radical (unpaired) electrons. The van der Waals surface area contributed by atoms with E-state index in [4.69, 9.17) is 0 Å². The van der Waals surface area contributed by atoms with Crippen LogP contribution < -0.4 is 0 Å². The monoisotopic (exact) mass is 370 g/mol. The van der Waals surface area contributed by atoms with E-state index in [0.717, 1.165) is 36.0 Å². The maximum atomic E-state index is 12.1. The second-order valence-corrected chi connectivity index (χ2v) is 6.44. The van der Waals surface area contributed by atoms with Crippen LogP contribution in [0.1, 0.15) is 51.6 Å². The molecular weight excluding hydrogens is 352 g/mol. The lowest BCUT2D eigenvalue weighted by atomic mass is 9.92. The third-order valence-corrected chi connectivity index (χ3v) is 5.05. The van der Waals surface area contributed by atoms with Crippen molar-refractivity contribution in [2.75, 3.05) is 5.33 Å². The van der Waals surface area contributed by atoms with E-state index in [0.29, 0.717) is 11.8 Å². The first kappa shape index (κ1) is 16.1. The fourth-order valence-corrected chi connectivity index (χ4v) is 3.65. The number of carbonyl (C=O) groups excluding carboxylic acids is 2. The molecule has 3 heteroatoms. The summed E-state index contributed by atoms with van der Waals surface area (Å²) in [5.41, 5.74) is 6.44. The maximum Gasteiger partial charge on any atom is 0.173 e. The molecule has 0 aromatic heterocycles. The van der Waals surface area contributed by atoms with Crippen molar-refractivity contribution in [1.29, 1.82) is 0 Å². The molecule has 23 heavy (non-hydrogen) atoms. The normalized spacial score (nSPS) is 13.0. The molecule has 3 rings (SSSR count). The Morgan fingerprint density at radius 2 is 1.65 bits per heavy atom. The Bertz CT molecular complexity index is 760. The van der Waals surface area contributed by atoms with Gasteiger partial charge < -0.3 is 0 Å². The van der Waals surface area contributed by atoms with Crippen molar-refractivity contribution in [3.63, 3.8) is 0 Å². The predicted molar refractivity (Wildman–Crippen MR) is 96.6 cm³/mol. The van der Waals surface area contributed by atoms with Gasteiger partial charge in [0.25, 0.3) is 0 Å². The van der Waals surface area contributed by atoms with E-state index >= 15 is 0 Å². The number of rotatable bonds is 5. The topological polar surface area (TPSA) is 34.1 Å². The Morgan fingerprint density at radius 1 is 0.957 bits per heavy atom. The zero-order chi connectivity index (χ0) is 16.4. The molecule has 0 N–H and O–H groups in total. The lowest BCUT2D eigenvalue weighted by molar-refractivity contribution is 0.0986. The predicted octanol–water partition coefficient (Wildman–Crippen LogP) is 5.01. The highest BCUT2D eigenvalue weighted by molar-refractivity contribution is 9.09. The van der Waals surface area contributed by atoms with Crippen molar-refractivity contribution in [3.8, 4) is 11.1 Å². The minimum absolute atomic E-state index is 0.151. The van der Waals surface area contributed by atoms with E-state index in [1.165, 1.54) is 16.7 Å². The van der Waals surface area contributed by atoms with Crippen LogP contribution in [-0.2, 0) is 12.8 Å². The number of carbonyl (C=O) groups is 2. The van der Waals surface area contributed by atoms with Crippen LogP contribution in [0.3, 0.4) is 0 Å². The van der Waals surface area contributed by atoms with Gasteiger partial charge in [0.05, 0.1) is 5.33 Å². The van der Waals surface area contributed by atoms with Gasteiger partial charge in [-0.15, -0.1) is 0 Å². The molecule has 0 heterocycles. The quantitative estimate of drug-likeness (QED) is 0.547. The molecule has 0 aliphatic heterocycles. The van der Waals surface area contributed by atoms with E-state index in [1.807, 2.05) is 37.3 Å². The Balaban J connectivity index is 2.03. The lowest BCUT2D eigenvalue weighted by Crippen LogP contribution is -2.05. The van der Waals surface area contributed by atoms with Crippen LogP contribution in [0.25, 0.3) is 11.1 Å². The number of ketones is 2. The van der Waals surface area contributed by atoms with Crippen LogP contribution in [0.15, 0.2) is 36.4 Å². The molecule has 0 amide bonds. The van der Waals surface area contributed by atoms with Gasteiger partial charge in [0.2, 0.25) is 0 Å². The van der Waals surface area contributed by atoms with Crippen LogP contribution in [0.2, 0.25) is 0 Å². The first-order chi connectivity index (χ1) is 11.2. The van der Waals surface area contributed by atoms with Crippen molar-refractivity contribution in [3.05, 3.63) is 58.7 Å². The molecule has 1 aliphatic rings. The zero-order valence-corrected chi connectivity index (χ0v) is 14.8. The fraction of sp³-hybridized carbons (Fsp3) is 0.300. The molecule has 0 atom stereocenters. The van der Waals surface area contributed by atoms with Crippen LogP contribution in [0.4, 0.5) is 0 Å². The molecule has 1 aliphatic carbocycles. The molecule has 118 valence electrons. The van der Waals surface area contributed by atoms with Crippen LogP contribution in [0, 0.1) is 0 Å². The summed E-state index contributed by atoms with van der Waals surface area (Å²) in [4.78, 5) is 23.8. The highest BCUT2D eigenvalue weighted by Gasteiger charge is 2.22. The number of benzene rings is 2. The van der Waals surface area contributed by atoms with Crippen molar-refractivity contribution in [2.45, 2.75) is 32.6 Å². The first-order valence-electron chi connectivity index (χ1n) is 8.03. The summed E-state index contributed by atoms with van der Waals surface area (Å²) in [5.74, 6) is 0.318. The number of hydrogen-bond acceptors (Lipinski definition) is 2. The number of Topliss-reactive ketones (excluding diaryl/α,β-unsaturated/α-hetero) is 2. The Labute approximate surface area is 145 Å². The van der Waals surface area contributed by atoms with Gasteiger partial charge in [0.15, 0.2) is 11.6 Å². The van der Waals surface area contributed by atoms with Crippen LogP contribution in [-0.4, -0.2) is 16.9 Å². The summed E-state index contributed by atoms with van der Waals surface area (Å²) in [6.45, 7) is 1.88. The van der Waals surface area contributed by atoms with Gasteiger partial charge in [0, 0.05) is 17.5 Å². The van der Waals surface area contributed by atoms with Crippen molar-refractivity contribution in [2.24, 2.45) is 0 Å². The Morgan fingerprint density at radius 3 is 2.30 bits per heavy atom. The number of hydrogen-bond donors (Lipinski definition) is 0. The van der Waals surface area contributed by atoms with Crippen molar-refractivity contribution < 1.29 is 9.59 Å². The number of fused-ring (bicyclic) bond motifs is 1. The van der Waals surface area contributed by atoms with Gasteiger partial charge in [-0.2, -0.15) is 0 Å². The largest absolute Gasteiger partial charge is 0.294 e. The van der Waals surface area contributed by atoms with Gasteiger partial charge >= 0.3 is 0 Å². The SMILES string of the molecule is CCC(=O)c1ccc(-c2ccc(C(=O)CBr)c3c2CCC3)cc1. The molecule has 2 aromatic rings. The highest BCUT2D eigenvalue weighted by atomic mass is 79.9. The summed E-state index contributed by atoms with van der Waals surface area (Å²) in [5, 5.41) is 0.368. The van der Waals surface area contributed by atoms with E-state index in [-0.39, 0.29) is 11.6 Å². The van der Waals surface area contributed by atoms with Crippen molar-refractivity contribution >= 4 is 27.5 Å². The molecule has 2 nitrogen and oxygen atoms in total. The average Bonchev–Trinajstić information content (AvgIpc) is 3.09. The van der Waals surface area contributed by atoms with Gasteiger partial charge in [-0.25, -0.2) is 0 Å². The minimum atomic E-state index is 0.151. The molecule has 0 saturated heterocycles. The minimum Gasteiger partial charge on any atom is -0.294 e. The first-order valence-corrected chi connectivity index (χ1v) is 9.15. The summed E-state index contributed by atoms with van der Waals surface area (Å²) in [6, 6.07) is 11.8. The highest BCUT2D eigenvalue weighted by Crippen LogP contribution is 2.35. The second kappa shape index (κ2) is 6.79. The second-order valence-electron chi connectivity index (χ2n) is 5.88. The third-order valence-electron chi connectivity index (χ3n) is 4.55. The van der Waals surface area contributed by atoms with Crippen LogP contribution >= 0.6 is 15.9 Å². The summed E-state index contributed by atoms with van der Waals surface area (Å²) >= 11 is 3.27. The van der Waals surface area contributed by atoms with Crippen molar-refractivity contribution in [1.82, 2.24) is 0 Å².